The van der Waals surface area contributed by atoms with E-state index < -0.39 is 48.0 Å². The first kappa shape index (κ1) is 19.8. The zero-order valence-corrected chi connectivity index (χ0v) is 14.4. The van der Waals surface area contributed by atoms with E-state index in [1.165, 1.54) is 13.2 Å². The molecule has 0 unspecified atom stereocenters. The summed E-state index contributed by atoms with van der Waals surface area (Å²) in [6.45, 7) is 0. The summed E-state index contributed by atoms with van der Waals surface area (Å²) in [6.07, 6.45) is -4.80. The normalized spacial score (nSPS) is 11.9. The third kappa shape index (κ3) is 4.17. The molecule has 0 aromatic heterocycles. The van der Waals surface area contributed by atoms with Crippen LogP contribution in [0.15, 0.2) is 41.3 Å². The first-order valence-electron chi connectivity index (χ1n) is 6.67. The second kappa shape index (κ2) is 7.00. The second-order valence-electron chi connectivity index (χ2n) is 4.89. The van der Waals surface area contributed by atoms with E-state index in [1.807, 2.05) is 4.72 Å². The molecule has 0 radical (unpaired) electrons. The molecule has 0 spiro atoms. The van der Waals surface area contributed by atoms with Crippen LogP contribution in [0.5, 0.6) is 5.75 Å². The average molecular weight is 411 g/mol. The summed E-state index contributed by atoms with van der Waals surface area (Å²) in [5, 5.41) is 10.5. The lowest BCUT2D eigenvalue weighted by atomic mass is 10.2. The van der Waals surface area contributed by atoms with Gasteiger partial charge in [0.05, 0.1) is 28.7 Å². The molecule has 1 N–H and O–H groups in total. The quantitative estimate of drug-likeness (QED) is 0.591. The maximum atomic E-state index is 12.9. The molecule has 0 amide bonds. The van der Waals surface area contributed by atoms with Crippen molar-refractivity contribution in [3.63, 3.8) is 0 Å². The van der Waals surface area contributed by atoms with Gasteiger partial charge in [-0.3, -0.25) is 14.8 Å². The van der Waals surface area contributed by atoms with Crippen molar-refractivity contribution in [1.29, 1.82) is 0 Å². The van der Waals surface area contributed by atoms with E-state index in [2.05, 4.69) is 0 Å². The first-order valence-corrected chi connectivity index (χ1v) is 8.54. The van der Waals surface area contributed by atoms with Gasteiger partial charge in [-0.2, -0.15) is 13.2 Å². The van der Waals surface area contributed by atoms with Crippen molar-refractivity contribution in [1.82, 2.24) is 0 Å². The van der Waals surface area contributed by atoms with Gasteiger partial charge in [0.1, 0.15) is 5.75 Å². The molecule has 0 atom stereocenters. The molecule has 0 fully saturated rings. The molecular formula is C14H10ClF3N2O5S. The van der Waals surface area contributed by atoms with E-state index in [4.69, 9.17) is 16.3 Å². The van der Waals surface area contributed by atoms with Crippen LogP contribution in [-0.4, -0.2) is 20.5 Å². The lowest BCUT2D eigenvalue weighted by molar-refractivity contribution is -0.387. The minimum Gasteiger partial charge on any atom is -0.497 e. The summed E-state index contributed by atoms with van der Waals surface area (Å²) in [6, 6.07) is 5.34. The van der Waals surface area contributed by atoms with Gasteiger partial charge in [-0.25, -0.2) is 8.42 Å². The molecular weight excluding hydrogens is 401 g/mol. The number of nitrogens with zero attached hydrogens (tertiary/aromatic N) is 1. The van der Waals surface area contributed by atoms with Gasteiger partial charge in [0.15, 0.2) is 4.90 Å². The maximum absolute atomic E-state index is 12.9. The molecule has 2 aromatic rings. The Bertz CT molecular complexity index is 964. The van der Waals surface area contributed by atoms with Crippen LogP contribution in [0.1, 0.15) is 5.56 Å². The van der Waals surface area contributed by atoms with Crippen molar-refractivity contribution in [2.75, 3.05) is 11.8 Å². The van der Waals surface area contributed by atoms with Crippen LogP contribution in [-0.2, 0) is 16.2 Å². The van der Waals surface area contributed by atoms with Crippen LogP contribution in [0.4, 0.5) is 24.5 Å². The van der Waals surface area contributed by atoms with E-state index in [-0.39, 0.29) is 5.75 Å². The van der Waals surface area contributed by atoms with Gasteiger partial charge in [-0.05, 0) is 30.3 Å². The molecule has 2 rings (SSSR count). The number of ether oxygens (including phenoxy) is 1. The van der Waals surface area contributed by atoms with E-state index >= 15 is 0 Å². The number of nitro benzene ring substituents is 1. The van der Waals surface area contributed by atoms with Crippen LogP contribution in [0.3, 0.4) is 0 Å². The van der Waals surface area contributed by atoms with Crippen molar-refractivity contribution in [3.8, 4) is 5.75 Å². The number of nitro groups is 1. The fourth-order valence-corrected chi connectivity index (χ4v) is 3.44. The Kier molecular flexibility index (Phi) is 5.33. The number of sulfonamides is 1. The van der Waals surface area contributed by atoms with E-state index in [9.17, 15) is 31.7 Å². The van der Waals surface area contributed by atoms with Gasteiger partial charge >= 0.3 is 6.18 Å². The molecule has 0 aliphatic rings. The largest absolute Gasteiger partial charge is 0.497 e. The van der Waals surface area contributed by atoms with Crippen LogP contribution in [0.25, 0.3) is 0 Å². The van der Waals surface area contributed by atoms with Gasteiger partial charge in [-0.15, -0.1) is 0 Å². The van der Waals surface area contributed by atoms with Crippen LogP contribution in [0.2, 0.25) is 5.02 Å². The highest BCUT2D eigenvalue weighted by molar-refractivity contribution is 7.92. The number of alkyl halides is 3. The monoisotopic (exact) mass is 410 g/mol. The molecule has 0 saturated heterocycles. The Balaban J connectivity index is 2.49. The van der Waals surface area contributed by atoms with E-state index in [1.54, 1.807) is 0 Å². The van der Waals surface area contributed by atoms with Crippen LogP contribution >= 0.6 is 11.6 Å². The fraction of sp³-hybridized carbons (Fsp3) is 0.143. The van der Waals surface area contributed by atoms with Crippen molar-refractivity contribution in [3.05, 3.63) is 57.1 Å². The minimum absolute atomic E-state index is 0.0431. The number of rotatable bonds is 5. The Labute approximate surface area is 150 Å². The number of anilines is 1. The van der Waals surface area contributed by atoms with E-state index in [0.29, 0.717) is 6.07 Å². The molecule has 0 bridgehead atoms. The Morgan fingerprint density at radius 2 is 1.85 bits per heavy atom. The first-order chi connectivity index (χ1) is 12.0. The Hall–Kier alpha value is -2.53. The van der Waals surface area contributed by atoms with E-state index in [0.717, 1.165) is 24.3 Å². The Morgan fingerprint density at radius 3 is 2.38 bits per heavy atom. The summed E-state index contributed by atoms with van der Waals surface area (Å²) >= 11 is 5.47. The van der Waals surface area contributed by atoms with Crippen LogP contribution < -0.4 is 9.46 Å². The van der Waals surface area contributed by atoms with Gasteiger partial charge < -0.3 is 4.74 Å². The smallest absolute Gasteiger partial charge is 0.417 e. The highest BCUT2D eigenvalue weighted by Crippen LogP contribution is 2.37. The van der Waals surface area contributed by atoms with Crippen LogP contribution in [0, 0.1) is 10.1 Å². The molecule has 140 valence electrons. The van der Waals surface area contributed by atoms with Crippen molar-refractivity contribution < 1.29 is 31.2 Å². The molecule has 7 nitrogen and oxygen atoms in total. The number of hydrogen-bond acceptors (Lipinski definition) is 5. The summed E-state index contributed by atoms with van der Waals surface area (Å²) < 4.78 is 70.1. The predicted octanol–water partition coefficient (Wildman–Crippen LogP) is 4.08. The van der Waals surface area contributed by atoms with Crippen molar-refractivity contribution >= 4 is 33.0 Å². The number of methoxy groups -OCH3 is 1. The standard InChI is InChI=1S/C14H10ClF3N2O5S/c1-25-9-3-5-13(12(7-9)20(21)22)26(23,24)19-8-2-4-11(15)10(6-8)14(16,17)18/h2-7,19H,1H3. The number of hydrogen-bond donors (Lipinski definition) is 1. The SMILES string of the molecule is COc1ccc(S(=O)(=O)Nc2ccc(Cl)c(C(F)(F)F)c2)c([N+](=O)[O-])c1. The molecule has 2 aromatic carbocycles. The van der Waals surface area contributed by atoms with Gasteiger partial charge in [-0.1, -0.05) is 11.6 Å². The summed E-state index contributed by atoms with van der Waals surface area (Å²) in [5.41, 5.74) is -2.49. The molecule has 26 heavy (non-hydrogen) atoms. The molecule has 0 aliphatic carbocycles. The zero-order valence-electron chi connectivity index (χ0n) is 12.9. The number of halogens is 4. The maximum Gasteiger partial charge on any atom is 0.417 e. The number of nitrogens with one attached hydrogen (secondary N) is 1. The molecule has 12 heteroatoms. The topological polar surface area (TPSA) is 98.5 Å². The Morgan fingerprint density at radius 1 is 1.19 bits per heavy atom. The summed E-state index contributed by atoms with van der Waals surface area (Å²) in [4.78, 5) is 9.44. The highest BCUT2D eigenvalue weighted by Gasteiger charge is 2.34. The molecule has 0 saturated carbocycles. The third-order valence-corrected chi connectivity index (χ3v) is 4.93. The number of benzene rings is 2. The molecule has 0 heterocycles. The highest BCUT2D eigenvalue weighted by atomic mass is 35.5. The van der Waals surface area contributed by atoms with Gasteiger partial charge in [0, 0.05) is 5.69 Å². The third-order valence-electron chi connectivity index (χ3n) is 3.18. The zero-order chi connectivity index (χ0) is 19.7. The predicted molar refractivity (Wildman–Crippen MR) is 86.9 cm³/mol. The lowest BCUT2D eigenvalue weighted by Gasteiger charge is -2.13. The van der Waals surface area contributed by atoms with Crippen molar-refractivity contribution in [2.45, 2.75) is 11.1 Å². The average Bonchev–Trinajstić information content (AvgIpc) is 2.54. The minimum atomic E-state index is -4.80. The van der Waals surface area contributed by atoms with Gasteiger partial charge in [0.2, 0.25) is 0 Å². The summed E-state index contributed by atoms with van der Waals surface area (Å²) in [5.74, 6) is 0.0431. The lowest BCUT2D eigenvalue weighted by Crippen LogP contribution is -2.16. The van der Waals surface area contributed by atoms with Crippen molar-refractivity contribution in [2.24, 2.45) is 0 Å². The second-order valence-corrected chi connectivity index (χ2v) is 6.95. The molecule has 0 aliphatic heterocycles. The fourth-order valence-electron chi connectivity index (χ4n) is 2.01. The van der Waals surface area contributed by atoms with Gasteiger partial charge in [0.25, 0.3) is 15.7 Å². The summed E-state index contributed by atoms with van der Waals surface area (Å²) in [7, 11) is -3.31.